The number of ether oxygens (including phenoxy) is 2. The third-order valence-electron chi connectivity index (χ3n) is 3.45. The Morgan fingerprint density at radius 3 is 2.67 bits per heavy atom. The molecule has 0 aromatic carbocycles. The molecule has 122 valence electrons. The van der Waals surface area contributed by atoms with Gasteiger partial charge in [-0.1, -0.05) is 13.3 Å². The average molecular weight is 302 g/mol. The number of hydrogen-bond donors (Lipinski definition) is 3. The SMILES string of the molecule is CC(CCCC(C)C(=O)O)NC(=O)NCC1COCCO1. The van der Waals surface area contributed by atoms with Crippen molar-refractivity contribution in [1.82, 2.24) is 10.6 Å². The highest BCUT2D eigenvalue weighted by atomic mass is 16.6. The zero-order valence-electron chi connectivity index (χ0n) is 12.8. The van der Waals surface area contributed by atoms with Crippen molar-refractivity contribution in [2.24, 2.45) is 5.92 Å². The topological polar surface area (TPSA) is 96.9 Å². The number of amides is 2. The van der Waals surface area contributed by atoms with Gasteiger partial charge in [-0.25, -0.2) is 4.79 Å². The largest absolute Gasteiger partial charge is 0.481 e. The Bertz CT molecular complexity index is 331. The molecular formula is C14H26N2O5. The lowest BCUT2D eigenvalue weighted by Crippen LogP contribution is -2.46. The number of aliphatic carboxylic acids is 1. The average Bonchev–Trinajstić information content (AvgIpc) is 2.46. The van der Waals surface area contributed by atoms with Crippen molar-refractivity contribution in [2.75, 3.05) is 26.4 Å². The van der Waals surface area contributed by atoms with E-state index in [4.69, 9.17) is 14.6 Å². The van der Waals surface area contributed by atoms with Crippen LogP contribution in [-0.4, -0.2) is 55.6 Å². The first kappa shape index (κ1) is 17.7. The van der Waals surface area contributed by atoms with Crippen molar-refractivity contribution in [3.63, 3.8) is 0 Å². The summed E-state index contributed by atoms with van der Waals surface area (Å²) in [5.74, 6) is -1.11. The van der Waals surface area contributed by atoms with E-state index in [9.17, 15) is 9.59 Å². The van der Waals surface area contributed by atoms with Crippen LogP contribution in [0.3, 0.4) is 0 Å². The van der Waals surface area contributed by atoms with Crippen molar-refractivity contribution < 1.29 is 24.2 Å². The Hall–Kier alpha value is -1.34. The van der Waals surface area contributed by atoms with Crippen LogP contribution in [0.2, 0.25) is 0 Å². The lowest BCUT2D eigenvalue weighted by atomic mass is 10.0. The Balaban J connectivity index is 2.08. The highest BCUT2D eigenvalue weighted by molar-refractivity contribution is 5.74. The molecule has 1 aliphatic heterocycles. The fraction of sp³-hybridized carbons (Fsp3) is 0.857. The second kappa shape index (κ2) is 9.57. The Kier molecular flexibility index (Phi) is 8.07. The smallest absolute Gasteiger partial charge is 0.315 e. The lowest BCUT2D eigenvalue weighted by molar-refractivity contribution is -0.141. The summed E-state index contributed by atoms with van der Waals surface area (Å²) >= 11 is 0. The van der Waals surface area contributed by atoms with Crippen LogP contribution in [0, 0.1) is 5.92 Å². The predicted octanol–water partition coefficient (Wildman–Crippen LogP) is 0.981. The second-order valence-corrected chi connectivity index (χ2v) is 5.49. The zero-order valence-corrected chi connectivity index (χ0v) is 12.8. The van der Waals surface area contributed by atoms with Crippen LogP contribution >= 0.6 is 0 Å². The van der Waals surface area contributed by atoms with Gasteiger partial charge < -0.3 is 25.2 Å². The number of carboxylic acid groups (broad SMARTS) is 1. The van der Waals surface area contributed by atoms with Gasteiger partial charge in [-0.05, 0) is 19.8 Å². The van der Waals surface area contributed by atoms with E-state index in [2.05, 4.69) is 10.6 Å². The molecule has 1 fully saturated rings. The number of carbonyl (C=O) groups is 2. The van der Waals surface area contributed by atoms with Gasteiger partial charge in [0.05, 0.1) is 31.8 Å². The molecule has 1 heterocycles. The van der Waals surface area contributed by atoms with Crippen molar-refractivity contribution in [3.05, 3.63) is 0 Å². The van der Waals surface area contributed by atoms with Gasteiger partial charge in [-0.3, -0.25) is 4.79 Å². The minimum Gasteiger partial charge on any atom is -0.481 e. The van der Waals surface area contributed by atoms with Gasteiger partial charge in [-0.15, -0.1) is 0 Å². The van der Waals surface area contributed by atoms with Crippen molar-refractivity contribution in [1.29, 1.82) is 0 Å². The first-order valence-corrected chi connectivity index (χ1v) is 7.45. The van der Waals surface area contributed by atoms with E-state index in [0.717, 1.165) is 12.8 Å². The van der Waals surface area contributed by atoms with Gasteiger partial charge in [0.1, 0.15) is 0 Å². The fourth-order valence-electron chi connectivity index (χ4n) is 2.06. The van der Waals surface area contributed by atoms with Crippen LogP contribution < -0.4 is 10.6 Å². The number of nitrogens with one attached hydrogen (secondary N) is 2. The zero-order chi connectivity index (χ0) is 15.7. The number of carboxylic acids is 1. The summed E-state index contributed by atoms with van der Waals surface area (Å²) < 4.78 is 10.7. The van der Waals surface area contributed by atoms with Crippen LogP contribution in [0.4, 0.5) is 4.79 Å². The van der Waals surface area contributed by atoms with Crippen molar-refractivity contribution in [3.8, 4) is 0 Å². The van der Waals surface area contributed by atoms with Crippen molar-refractivity contribution in [2.45, 2.75) is 45.3 Å². The standard InChI is InChI=1S/C14H26N2O5/c1-10(13(17)18)4-3-5-11(2)16-14(19)15-8-12-9-20-6-7-21-12/h10-12H,3-9H2,1-2H3,(H,17,18)(H2,15,16,19). The molecule has 1 aliphatic rings. The fourth-order valence-corrected chi connectivity index (χ4v) is 2.06. The minimum absolute atomic E-state index is 0.00881. The Morgan fingerprint density at radius 2 is 2.05 bits per heavy atom. The molecule has 1 rings (SSSR count). The summed E-state index contributed by atoms with van der Waals surface area (Å²) in [6, 6.07) is -0.225. The molecule has 0 radical (unpaired) electrons. The van der Waals surface area contributed by atoms with Gasteiger partial charge in [0.2, 0.25) is 0 Å². The van der Waals surface area contributed by atoms with E-state index in [-0.39, 0.29) is 24.1 Å². The van der Waals surface area contributed by atoms with E-state index in [1.165, 1.54) is 0 Å². The van der Waals surface area contributed by atoms with Gasteiger partial charge in [-0.2, -0.15) is 0 Å². The molecule has 7 nitrogen and oxygen atoms in total. The summed E-state index contributed by atoms with van der Waals surface area (Å²) in [6.07, 6.45) is 2.06. The summed E-state index contributed by atoms with van der Waals surface area (Å²) in [5, 5.41) is 14.4. The Morgan fingerprint density at radius 1 is 1.29 bits per heavy atom. The molecule has 3 atom stereocenters. The lowest BCUT2D eigenvalue weighted by Gasteiger charge is -2.23. The monoisotopic (exact) mass is 302 g/mol. The summed E-state index contributed by atoms with van der Waals surface area (Å²) in [4.78, 5) is 22.4. The number of hydrogen-bond acceptors (Lipinski definition) is 4. The van der Waals surface area contributed by atoms with Crippen LogP contribution in [0.1, 0.15) is 33.1 Å². The van der Waals surface area contributed by atoms with Gasteiger partial charge in [0.25, 0.3) is 0 Å². The van der Waals surface area contributed by atoms with E-state index < -0.39 is 5.97 Å². The van der Waals surface area contributed by atoms with E-state index in [1.807, 2.05) is 6.92 Å². The molecule has 3 N–H and O–H groups in total. The van der Waals surface area contributed by atoms with Crippen molar-refractivity contribution >= 4 is 12.0 Å². The third-order valence-corrected chi connectivity index (χ3v) is 3.45. The summed E-state index contributed by atoms with van der Waals surface area (Å²) in [7, 11) is 0. The van der Waals surface area contributed by atoms with Gasteiger partial charge in [0.15, 0.2) is 0 Å². The maximum atomic E-state index is 11.7. The molecule has 0 aromatic rings. The van der Waals surface area contributed by atoms with Gasteiger partial charge in [0, 0.05) is 12.6 Å². The summed E-state index contributed by atoms with van der Waals surface area (Å²) in [5.41, 5.74) is 0. The van der Waals surface area contributed by atoms with Crippen LogP contribution in [-0.2, 0) is 14.3 Å². The van der Waals surface area contributed by atoms with E-state index in [0.29, 0.717) is 32.8 Å². The maximum absolute atomic E-state index is 11.7. The molecule has 3 unspecified atom stereocenters. The number of carbonyl (C=O) groups excluding carboxylic acids is 1. The number of urea groups is 1. The van der Waals surface area contributed by atoms with E-state index in [1.54, 1.807) is 6.92 Å². The highest BCUT2D eigenvalue weighted by Gasteiger charge is 2.16. The Labute approximate surface area is 125 Å². The molecule has 1 saturated heterocycles. The maximum Gasteiger partial charge on any atom is 0.315 e. The minimum atomic E-state index is -0.775. The van der Waals surface area contributed by atoms with Crippen LogP contribution in [0.5, 0.6) is 0 Å². The normalized spacial score (nSPS) is 21.3. The number of rotatable bonds is 8. The quantitative estimate of drug-likeness (QED) is 0.621. The third kappa shape index (κ3) is 7.87. The molecule has 0 aliphatic carbocycles. The molecule has 0 saturated carbocycles. The highest BCUT2D eigenvalue weighted by Crippen LogP contribution is 2.09. The predicted molar refractivity (Wildman–Crippen MR) is 77.2 cm³/mol. The van der Waals surface area contributed by atoms with Crippen LogP contribution in [0.15, 0.2) is 0 Å². The molecule has 21 heavy (non-hydrogen) atoms. The summed E-state index contributed by atoms with van der Waals surface area (Å²) in [6.45, 7) is 5.70. The second-order valence-electron chi connectivity index (χ2n) is 5.49. The van der Waals surface area contributed by atoms with E-state index >= 15 is 0 Å². The molecular weight excluding hydrogens is 276 g/mol. The van der Waals surface area contributed by atoms with Crippen LogP contribution in [0.25, 0.3) is 0 Å². The molecule has 7 heteroatoms. The first-order valence-electron chi connectivity index (χ1n) is 7.45. The first-order chi connectivity index (χ1) is 9.99. The van der Waals surface area contributed by atoms with Gasteiger partial charge >= 0.3 is 12.0 Å². The molecule has 0 aromatic heterocycles. The molecule has 2 amide bonds. The molecule has 0 spiro atoms. The molecule has 0 bridgehead atoms.